The molecule has 6 rings (SSSR count). The fourth-order valence-electron chi connectivity index (χ4n) is 5.79. The van der Waals surface area contributed by atoms with Crippen LogP contribution in [-0.4, -0.2) is 89.8 Å². The summed E-state index contributed by atoms with van der Waals surface area (Å²) in [5.41, 5.74) is 2.76. The number of nitrogens with zero attached hydrogens (tertiary/aromatic N) is 3. The molecule has 0 aliphatic carbocycles. The Morgan fingerprint density at radius 1 is 0.918 bits per heavy atom. The molecule has 0 spiro atoms. The molecule has 1 saturated heterocycles. The summed E-state index contributed by atoms with van der Waals surface area (Å²) in [5, 5.41) is 14.5. The Bertz CT molecular complexity index is 1950. The summed E-state index contributed by atoms with van der Waals surface area (Å²) < 4.78 is 13.0. The summed E-state index contributed by atoms with van der Waals surface area (Å²) >= 11 is 12.4. The van der Waals surface area contributed by atoms with Gasteiger partial charge in [0.1, 0.15) is 6.04 Å². The minimum absolute atomic E-state index is 0.0527. The lowest BCUT2D eigenvalue weighted by atomic mass is 10.0. The molecular formula is C34H32Cl2N6O7. The number of imide groups is 2. The van der Waals surface area contributed by atoms with Crippen molar-refractivity contribution in [1.82, 2.24) is 25.3 Å². The lowest BCUT2D eigenvalue weighted by Crippen LogP contribution is -2.54. The number of benzene rings is 3. The van der Waals surface area contributed by atoms with Gasteiger partial charge in [-0.25, -0.2) is 0 Å². The van der Waals surface area contributed by atoms with Crippen molar-refractivity contribution in [2.45, 2.75) is 25.4 Å². The normalized spacial score (nSPS) is 15.9. The number of ether oxygens (including phenoxy) is 2. The minimum Gasteiger partial charge on any atom is -0.382 e. The Hall–Kier alpha value is -4.82. The van der Waals surface area contributed by atoms with Crippen LogP contribution in [0, 0.1) is 0 Å². The predicted molar refractivity (Wildman–Crippen MR) is 181 cm³/mol. The highest BCUT2D eigenvalue weighted by Crippen LogP contribution is 2.32. The van der Waals surface area contributed by atoms with Crippen LogP contribution in [0.2, 0.25) is 10.0 Å². The molecule has 4 aromatic rings. The number of carbonyl (C=O) groups excluding carboxylic acids is 5. The van der Waals surface area contributed by atoms with Crippen molar-refractivity contribution in [3.05, 3.63) is 93.1 Å². The molecule has 0 saturated carbocycles. The molecule has 3 N–H and O–H groups in total. The molecule has 13 nitrogen and oxygen atoms in total. The molecule has 1 atom stereocenters. The molecule has 1 fully saturated rings. The maximum Gasteiger partial charge on any atom is 0.272 e. The highest BCUT2D eigenvalue weighted by atomic mass is 35.5. The van der Waals surface area contributed by atoms with E-state index in [9.17, 15) is 24.0 Å². The van der Waals surface area contributed by atoms with Gasteiger partial charge in [-0.1, -0.05) is 53.5 Å². The summed E-state index contributed by atoms with van der Waals surface area (Å²) in [6.07, 6.45) is 0.142. The van der Waals surface area contributed by atoms with Crippen LogP contribution in [0.5, 0.6) is 0 Å². The van der Waals surface area contributed by atoms with Gasteiger partial charge >= 0.3 is 0 Å². The number of nitrogens with one attached hydrogen (secondary N) is 3. The molecule has 49 heavy (non-hydrogen) atoms. The number of halogens is 2. The van der Waals surface area contributed by atoms with Crippen LogP contribution in [-0.2, 0) is 25.6 Å². The van der Waals surface area contributed by atoms with Crippen LogP contribution in [0.1, 0.15) is 49.6 Å². The summed E-state index contributed by atoms with van der Waals surface area (Å²) in [6.45, 7) is 2.14. The molecule has 254 valence electrons. The number of anilines is 1. The number of rotatable bonds is 14. The van der Waals surface area contributed by atoms with E-state index in [1.807, 2.05) is 30.3 Å². The third-order valence-electron chi connectivity index (χ3n) is 8.14. The zero-order valence-corrected chi connectivity index (χ0v) is 27.7. The number of fused-ring (bicyclic) bond motifs is 2. The van der Waals surface area contributed by atoms with Crippen LogP contribution in [0.3, 0.4) is 0 Å². The second-order valence-corrected chi connectivity index (χ2v) is 12.2. The van der Waals surface area contributed by atoms with Crippen molar-refractivity contribution in [3.8, 4) is 0 Å². The van der Waals surface area contributed by atoms with Crippen LogP contribution < -0.4 is 16.0 Å². The smallest absolute Gasteiger partial charge is 0.272 e. The molecule has 3 heterocycles. The topological polar surface area (TPSA) is 161 Å². The van der Waals surface area contributed by atoms with Gasteiger partial charge in [0, 0.05) is 40.6 Å². The van der Waals surface area contributed by atoms with E-state index in [0.717, 1.165) is 21.4 Å². The van der Waals surface area contributed by atoms with E-state index >= 15 is 0 Å². The molecular weight excluding hydrogens is 675 g/mol. The molecule has 3 aromatic carbocycles. The Balaban J connectivity index is 0.912. The summed E-state index contributed by atoms with van der Waals surface area (Å²) in [7, 11) is 0. The fourth-order valence-corrected chi connectivity index (χ4v) is 6.26. The average Bonchev–Trinajstić information content (AvgIpc) is 3.57. The molecule has 0 bridgehead atoms. The molecule has 2 aliphatic rings. The van der Waals surface area contributed by atoms with Crippen molar-refractivity contribution in [2.24, 2.45) is 0 Å². The molecule has 5 amide bonds. The number of hydrogen-bond donors (Lipinski definition) is 3. The van der Waals surface area contributed by atoms with E-state index in [4.69, 9.17) is 32.7 Å². The number of carbonyl (C=O) groups is 5. The molecule has 0 radical (unpaired) electrons. The molecule has 2 aliphatic heterocycles. The lowest BCUT2D eigenvalue weighted by molar-refractivity contribution is -0.136. The molecule has 1 aromatic heterocycles. The number of amides is 5. The van der Waals surface area contributed by atoms with Crippen LogP contribution in [0.15, 0.2) is 60.7 Å². The standard InChI is InChI=1S/C34H32Cl2N6O7/c35-21-9-8-20(24(36)18-21)19-41-26-7-2-1-4-22(26)30(40-41)32(45)38-13-15-49-17-16-48-14-12-37-25-6-3-5-23-29(25)34(47)42(33(23)46)27-10-11-28(43)39-31(27)44/h1-9,18,27,37H,10-17,19H2,(H,38,45)(H,39,43,44). The van der Waals surface area contributed by atoms with Gasteiger partial charge in [0.05, 0.1) is 49.6 Å². The maximum atomic E-state index is 13.2. The van der Waals surface area contributed by atoms with E-state index in [-0.39, 0.29) is 43.0 Å². The van der Waals surface area contributed by atoms with E-state index in [0.29, 0.717) is 54.3 Å². The van der Waals surface area contributed by atoms with Gasteiger partial charge in [0.2, 0.25) is 11.8 Å². The summed E-state index contributed by atoms with van der Waals surface area (Å²) in [4.78, 5) is 64.0. The molecule has 15 heteroatoms. The first-order valence-corrected chi connectivity index (χ1v) is 16.4. The zero-order valence-electron chi connectivity index (χ0n) is 26.2. The van der Waals surface area contributed by atoms with E-state index in [1.54, 1.807) is 28.9 Å². The van der Waals surface area contributed by atoms with Crippen LogP contribution in [0.25, 0.3) is 10.9 Å². The number of hydrogen-bond acceptors (Lipinski definition) is 9. The first kappa shape index (κ1) is 34.1. The number of para-hydroxylation sites is 1. The van der Waals surface area contributed by atoms with Crippen molar-refractivity contribution in [2.75, 3.05) is 44.8 Å². The van der Waals surface area contributed by atoms with Crippen LogP contribution >= 0.6 is 23.2 Å². The van der Waals surface area contributed by atoms with Gasteiger partial charge in [0.15, 0.2) is 5.69 Å². The lowest BCUT2D eigenvalue weighted by Gasteiger charge is -2.27. The average molecular weight is 708 g/mol. The van der Waals surface area contributed by atoms with E-state index < -0.39 is 29.7 Å². The van der Waals surface area contributed by atoms with E-state index in [2.05, 4.69) is 21.0 Å². The van der Waals surface area contributed by atoms with Gasteiger partial charge in [-0.15, -0.1) is 0 Å². The van der Waals surface area contributed by atoms with Crippen molar-refractivity contribution in [3.63, 3.8) is 0 Å². The minimum atomic E-state index is -1.03. The monoisotopic (exact) mass is 706 g/mol. The predicted octanol–water partition coefficient (Wildman–Crippen LogP) is 3.67. The number of aromatic nitrogens is 2. The SMILES string of the molecule is O=C1CCC(N2C(=O)c3cccc(NCCOCCOCCNC(=O)c4nn(Cc5ccc(Cl)cc5Cl)c5ccccc45)c3C2=O)C(=O)N1. The fraction of sp³-hybridized carbons (Fsp3) is 0.294. The Labute approximate surface area is 290 Å². The highest BCUT2D eigenvalue weighted by Gasteiger charge is 2.45. The highest BCUT2D eigenvalue weighted by molar-refractivity contribution is 6.35. The van der Waals surface area contributed by atoms with Gasteiger partial charge in [-0.05, 0) is 42.3 Å². The maximum absolute atomic E-state index is 13.2. The van der Waals surface area contributed by atoms with Gasteiger partial charge in [-0.2, -0.15) is 5.10 Å². The third kappa shape index (κ3) is 7.44. The Kier molecular flexibility index (Phi) is 10.5. The third-order valence-corrected chi connectivity index (χ3v) is 8.73. The second kappa shape index (κ2) is 15.2. The van der Waals surface area contributed by atoms with Gasteiger partial charge in [-0.3, -0.25) is 38.9 Å². The van der Waals surface area contributed by atoms with Crippen LogP contribution in [0.4, 0.5) is 5.69 Å². The Morgan fingerprint density at radius 3 is 2.47 bits per heavy atom. The van der Waals surface area contributed by atoms with Gasteiger partial charge in [0.25, 0.3) is 17.7 Å². The first-order chi connectivity index (χ1) is 23.7. The van der Waals surface area contributed by atoms with Crippen molar-refractivity contribution in [1.29, 1.82) is 0 Å². The Morgan fingerprint density at radius 2 is 1.69 bits per heavy atom. The summed E-state index contributed by atoms with van der Waals surface area (Å²) in [5.74, 6) is -2.55. The van der Waals surface area contributed by atoms with E-state index in [1.165, 1.54) is 6.07 Å². The quantitative estimate of drug-likeness (QED) is 0.131. The largest absolute Gasteiger partial charge is 0.382 e. The van der Waals surface area contributed by atoms with Crippen molar-refractivity contribution >= 4 is 69.3 Å². The number of piperidine rings is 1. The van der Waals surface area contributed by atoms with Gasteiger partial charge < -0.3 is 20.1 Å². The second-order valence-electron chi connectivity index (χ2n) is 11.3. The summed E-state index contributed by atoms with van der Waals surface area (Å²) in [6, 6.07) is 16.6. The first-order valence-electron chi connectivity index (χ1n) is 15.6. The zero-order chi connectivity index (χ0) is 34.5. The molecule has 1 unspecified atom stereocenters. The van der Waals surface area contributed by atoms with Crippen molar-refractivity contribution < 1.29 is 33.4 Å².